The first-order chi connectivity index (χ1) is 9.24. The Balaban J connectivity index is 2.01. The molecule has 0 amide bonds. The normalized spacial score (nSPS) is 13.7. The van der Waals surface area contributed by atoms with E-state index in [9.17, 15) is 4.39 Å². The minimum Gasteiger partial charge on any atom is -0.236 e. The van der Waals surface area contributed by atoms with Gasteiger partial charge in [0.15, 0.2) is 0 Å². The van der Waals surface area contributed by atoms with Gasteiger partial charge in [-0.05, 0) is 29.8 Å². The van der Waals surface area contributed by atoms with Gasteiger partial charge in [0.1, 0.15) is 24.4 Å². The van der Waals surface area contributed by atoms with Crippen LogP contribution >= 0.6 is 0 Å². The Hall–Kier alpha value is -2.50. The van der Waals surface area contributed by atoms with E-state index in [1.165, 1.54) is 12.4 Å². The molecule has 1 aromatic carbocycles. The molecular formula is C13H10FN5. The first-order valence-electron chi connectivity index (χ1n) is 5.76. The molecule has 0 unspecified atom stereocenters. The number of halogens is 1. The molecule has 19 heavy (non-hydrogen) atoms. The monoisotopic (exact) mass is 255 g/mol. The van der Waals surface area contributed by atoms with Crippen LogP contribution in [0.2, 0.25) is 0 Å². The van der Waals surface area contributed by atoms with E-state index >= 15 is 0 Å². The molecule has 94 valence electrons. The molecule has 0 spiro atoms. The zero-order chi connectivity index (χ0) is 13.2. The fraction of sp³-hybridized carbons (Fsp3) is 0.154. The maximum absolute atomic E-state index is 13.6. The van der Waals surface area contributed by atoms with Gasteiger partial charge in [-0.15, -0.1) is 5.10 Å². The molecule has 1 aliphatic rings. The maximum atomic E-state index is 13.6. The lowest BCUT2D eigenvalue weighted by atomic mass is 10.1. The van der Waals surface area contributed by atoms with Crippen LogP contribution in [0.5, 0.6) is 0 Å². The summed E-state index contributed by atoms with van der Waals surface area (Å²) < 4.78 is 13.6. The first-order valence-corrected chi connectivity index (χ1v) is 5.76. The molecule has 6 heteroatoms. The third kappa shape index (κ3) is 2.24. The maximum Gasteiger partial charge on any atom is 0.126 e. The van der Waals surface area contributed by atoms with Crippen molar-refractivity contribution in [1.29, 1.82) is 0 Å². The average molecular weight is 255 g/mol. The van der Waals surface area contributed by atoms with E-state index in [0.29, 0.717) is 34.8 Å². The van der Waals surface area contributed by atoms with E-state index < -0.39 is 0 Å². The molecule has 0 atom stereocenters. The SMILES string of the molecule is Cc1ccc(-c2cc(C3=NN=NC3)ncn2)cc1F. The van der Waals surface area contributed by atoms with Crippen LogP contribution in [0, 0.1) is 12.7 Å². The Morgan fingerprint density at radius 2 is 1.95 bits per heavy atom. The molecule has 0 saturated heterocycles. The summed E-state index contributed by atoms with van der Waals surface area (Å²) in [4.78, 5) is 8.29. The molecule has 3 rings (SSSR count). The van der Waals surface area contributed by atoms with Crippen LogP contribution in [-0.4, -0.2) is 22.2 Å². The zero-order valence-electron chi connectivity index (χ0n) is 10.2. The Labute approximate surface area is 108 Å². The number of aromatic nitrogens is 2. The van der Waals surface area contributed by atoms with Crippen LogP contribution in [0.3, 0.4) is 0 Å². The first kappa shape index (κ1) is 11.6. The molecule has 0 saturated carbocycles. The van der Waals surface area contributed by atoms with Crippen molar-refractivity contribution in [3.63, 3.8) is 0 Å². The topological polar surface area (TPSA) is 62.9 Å². The lowest BCUT2D eigenvalue weighted by Crippen LogP contribution is -2.05. The number of benzene rings is 1. The summed E-state index contributed by atoms with van der Waals surface area (Å²) in [7, 11) is 0. The summed E-state index contributed by atoms with van der Waals surface area (Å²) in [5.41, 5.74) is 3.32. The van der Waals surface area contributed by atoms with Crippen molar-refractivity contribution < 1.29 is 4.39 Å². The lowest BCUT2D eigenvalue weighted by molar-refractivity contribution is 0.619. The highest BCUT2D eigenvalue weighted by atomic mass is 19.1. The second kappa shape index (κ2) is 4.64. The minimum atomic E-state index is -0.249. The average Bonchev–Trinajstić information content (AvgIpc) is 2.96. The molecule has 1 aliphatic heterocycles. The van der Waals surface area contributed by atoms with Gasteiger partial charge in [-0.25, -0.2) is 14.4 Å². The molecule has 0 aliphatic carbocycles. The third-order valence-electron chi connectivity index (χ3n) is 2.88. The van der Waals surface area contributed by atoms with E-state index in [1.54, 1.807) is 19.1 Å². The number of rotatable bonds is 2. The highest BCUT2D eigenvalue weighted by molar-refractivity contribution is 6.01. The van der Waals surface area contributed by atoms with E-state index in [-0.39, 0.29) is 5.82 Å². The second-order valence-electron chi connectivity index (χ2n) is 4.19. The summed E-state index contributed by atoms with van der Waals surface area (Å²) in [6, 6.07) is 6.78. The second-order valence-corrected chi connectivity index (χ2v) is 4.19. The lowest BCUT2D eigenvalue weighted by Gasteiger charge is -2.04. The third-order valence-corrected chi connectivity index (χ3v) is 2.88. The van der Waals surface area contributed by atoms with Gasteiger partial charge >= 0.3 is 0 Å². The van der Waals surface area contributed by atoms with Gasteiger partial charge in [0.2, 0.25) is 0 Å². The predicted molar refractivity (Wildman–Crippen MR) is 68.4 cm³/mol. The van der Waals surface area contributed by atoms with E-state index in [2.05, 4.69) is 25.4 Å². The van der Waals surface area contributed by atoms with Crippen LogP contribution < -0.4 is 0 Å². The Morgan fingerprint density at radius 3 is 2.68 bits per heavy atom. The molecule has 2 heterocycles. The molecule has 0 bridgehead atoms. The van der Waals surface area contributed by atoms with Crippen LogP contribution in [0.25, 0.3) is 11.3 Å². The number of aryl methyl sites for hydroxylation is 1. The summed E-state index contributed by atoms with van der Waals surface area (Å²) in [5.74, 6) is -0.249. The molecular weight excluding hydrogens is 245 g/mol. The standard InChI is InChI=1S/C13H10FN5/c1-8-2-3-9(4-10(8)14)11-5-12(16-7-15-11)13-6-17-19-18-13/h2-5,7H,6H2,1H3. The van der Waals surface area contributed by atoms with Crippen molar-refractivity contribution in [3.05, 3.63) is 47.7 Å². The molecule has 1 aromatic heterocycles. The van der Waals surface area contributed by atoms with E-state index in [4.69, 9.17) is 0 Å². The zero-order valence-corrected chi connectivity index (χ0v) is 10.2. The van der Waals surface area contributed by atoms with Crippen molar-refractivity contribution in [2.24, 2.45) is 15.4 Å². The minimum absolute atomic E-state index is 0.249. The molecule has 0 N–H and O–H groups in total. The Bertz CT molecular complexity index is 693. The van der Waals surface area contributed by atoms with Crippen molar-refractivity contribution >= 4 is 5.71 Å². The fourth-order valence-electron chi connectivity index (χ4n) is 1.77. The van der Waals surface area contributed by atoms with Gasteiger partial charge in [0.05, 0.1) is 11.4 Å². The largest absolute Gasteiger partial charge is 0.236 e. The summed E-state index contributed by atoms with van der Waals surface area (Å²) in [5, 5.41) is 11.2. The smallest absolute Gasteiger partial charge is 0.126 e. The molecule has 0 fully saturated rings. The fourth-order valence-corrected chi connectivity index (χ4v) is 1.77. The number of nitrogens with zero attached hydrogens (tertiary/aromatic N) is 5. The summed E-state index contributed by atoms with van der Waals surface area (Å²) >= 11 is 0. The van der Waals surface area contributed by atoms with Gasteiger partial charge in [-0.2, -0.15) is 5.11 Å². The molecule has 5 nitrogen and oxygen atoms in total. The van der Waals surface area contributed by atoms with Gasteiger partial charge in [0, 0.05) is 5.56 Å². The molecule has 2 aromatic rings. The van der Waals surface area contributed by atoms with Gasteiger partial charge in [-0.1, -0.05) is 12.1 Å². The van der Waals surface area contributed by atoms with Crippen LogP contribution in [0.4, 0.5) is 4.39 Å². The van der Waals surface area contributed by atoms with Crippen LogP contribution in [0.15, 0.2) is 46.0 Å². The van der Waals surface area contributed by atoms with Crippen LogP contribution in [0.1, 0.15) is 11.3 Å². The summed E-state index contributed by atoms with van der Waals surface area (Å²) in [6.45, 7) is 2.14. The quantitative estimate of drug-likeness (QED) is 0.828. The van der Waals surface area contributed by atoms with Crippen molar-refractivity contribution in [3.8, 4) is 11.3 Å². The Kier molecular flexibility index (Phi) is 2.83. The highest BCUT2D eigenvalue weighted by Crippen LogP contribution is 2.20. The predicted octanol–water partition coefficient (Wildman–Crippen LogP) is 2.76. The van der Waals surface area contributed by atoms with Crippen molar-refractivity contribution in [2.45, 2.75) is 6.92 Å². The van der Waals surface area contributed by atoms with E-state index in [1.807, 2.05) is 6.07 Å². The van der Waals surface area contributed by atoms with Crippen molar-refractivity contribution in [1.82, 2.24) is 9.97 Å². The van der Waals surface area contributed by atoms with Crippen molar-refractivity contribution in [2.75, 3.05) is 6.54 Å². The Morgan fingerprint density at radius 1 is 1.11 bits per heavy atom. The van der Waals surface area contributed by atoms with Crippen LogP contribution in [-0.2, 0) is 0 Å². The molecule has 0 radical (unpaired) electrons. The van der Waals surface area contributed by atoms with Gasteiger partial charge < -0.3 is 0 Å². The highest BCUT2D eigenvalue weighted by Gasteiger charge is 2.11. The van der Waals surface area contributed by atoms with E-state index in [0.717, 1.165) is 0 Å². The van der Waals surface area contributed by atoms with Gasteiger partial charge in [0.25, 0.3) is 0 Å². The van der Waals surface area contributed by atoms with Gasteiger partial charge in [-0.3, -0.25) is 0 Å². The number of hydrogen-bond donors (Lipinski definition) is 0. The number of hydrogen-bond acceptors (Lipinski definition) is 5. The summed E-state index contributed by atoms with van der Waals surface area (Å²) in [6.07, 6.45) is 1.43.